The fraction of sp³-hybridized carbons (Fsp3) is 0.400. The Morgan fingerprint density at radius 1 is 1.47 bits per heavy atom. The van der Waals surface area contributed by atoms with E-state index in [2.05, 4.69) is 15.2 Å². The van der Waals surface area contributed by atoms with Gasteiger partial charge < -0.3 is 16.0 Å². The number of rotatable bonds is 1. The highest BCUT2D eigenvalue weighted by Crippen LogP contribution is 2.16. The zero-order valence-electron chi connectivity index (χ0n) is 8.44. The molecule has 1 fully saturated rings. The van der Waals surface area contributed by atoms with Crippen LogP contribution in [-0.2, 0) is 4.79 Å². The molecule has 0 radical (unpaired) electrons. The molecule has 0 aliphatic carbocycles. The maximum absolute atomic E-state index is 11.2. The molecular weight excluding hydrogens is 192 g/mol. The zero-order chi connectivity index (χ0) is 10.7. The van der Waals surface area contributed by atoms with Crippen LogP contribution in [0.3, 0.4) is 0 Å². The van der Waals surface area contributed by atoms with Gasteiger partial charge in [-0.25, -0.2) is 4.98 Å². The van der Waals surface area contributed by atoms with Crippen LogP contribution in [0.15, 0.2) is 18.3 Å². The van der Waals surface area contributed by atoms with Crippen molar-refractivity contribution in [2.24, 2.45) is 0 Å². The van der Waals surface area contributed by atoms with Crippen molar-refractivity contribution in [2.75, 3.05) is 30.3 Å². The Morgan fingerprint density at radius 2 is 2.33 bits per heavy atom. The van der Waals surface area contributed by atoms with Crippen LogP contribution < -0.4 is 16.0 Å². The van der Waals surface area contributed by atoms with Gasteiger partial charge in [0.1, 0.15) is 5.82 Å². The van der Waals surface area contributed by atoms with E-state index in [1.165, 1.54) is 0 Å². The standard InChI is InChI=1S/C10H14N4O/c11-9-7-8(1-3-12-9)14-5-2-10(15)13-4-6-14/h1,3,7H,2,4-6H2,(H2,11,12)(H,13,15). The summed E-state index contributed by atoms with van der Waals surface area (Å²) in [4.78, 5) is 17.2. The van der Waals surface area contributed by atoms with E-state index in [1.807, 2.05) is 12.1 Å². The number of hydrogen-bond acceptors (Lipinski definition) is 4. The van der Waals surface area contributed by atoms with E-state index in [0.29, 0.717) is 18.8 Å². The zero-order valence-corrected chi connectivity index (χ0v) is 8.44. The predicted molar refractivity (Wildman–Crippen MR) is 58.5 cm³/mol. The Kier molecular flexibility index (Phi) is 2.71. The number of anilines is 2. The molecule has 1 amide bonds. The Balaban J connectivity index is 2.13. The molecule has 1 aliphatic heterocycles. The normalized spacial score (nSPS) is 17.1. The molecule has 0 aromatic carbocycles. The lowest BCUT2D eigenvalue weighted by molar-refractivity contribution is -0.120. The van der Waals surface area contributed by atoms with Gasteiger partial charge in [-0.15, -0.1) is 0 Å². The van der Waals surface area contributed by atoms with Gasteiger partial charge in [-0.05, 0) is 6.07 Å². The highest BCUT2D eigenvalue weighted by molar-refractivity contribution is 5.77. The largest absolute Gasteiger partial charge is 0.384 e. The monoisotopic (exact) mass is 206 g/mol. The van der Waals surface area contributed by atoms with Gasteiger partial charge >= 0.3 is 0 Å². The fourth-order valence-electron chi connectivity index (χ4n) is 1.66. The second-order valence-corrected chi connectivity index (χ2v) is 3.53. The molecule has 1 aromatic heterocycles. The van der Waals surface area contributed by atoms with Crippen molar-refractivity contribution in [2.45, 2.75) is 6.42 Å². The van der Waals surface area contributed by atoms with Crippen molar-refractivity contribution in [3.8, 4) is 0 Å². The van der Waals surface area contributed by atoms with E-state index in [1.54, 1.807) is 6.20 Å². The van der Waals surface area contributed by atoms with Crippen LogP contribution >= 0.6 is 0 Å². The number of carbonyl (C=O) groups is 1. The number of carbonyl (C=O) groups excluding carboxylic acids is 1. The first kappa shape index (κ1) is 9.76. The van der Waals surface area contributed by atoms with Gasteiger partial charge in [-0.3, -0.25) is 4.79 Å². The van der Waals surface area contributed by atoms with Crippen molar-refractivity contribution in [3.05, 3.63) is 18.3 Å². The SMILES string of the molecule is Nc1cc(N2CCNC(=O)CC2)ccn1. The Bertz CT molecular complexity index is 366. The summed E-state index contributed by atoms with van der Waals surface area (Å²) in [6, 6.07) is 3.74. The van der Waals surface area contributed by atoms with Gasteiger partial charge in [-0.2, -0.15) is 0 Å². The second kappa shape index (κ2) is 4.16. The highest BCUT2D eigenvalue weighted by atomic mass is 16.1. The third-order valence-corrected chi connectivity index (χ3v) is 2.44. The first-order chi connectivity index (χ1) is 7.25. The number of nitrogen functional groups attached to an aromatic ring is 1. The number of nitrogens with one attached hydrogen (secondary N) is 1. The van der Waals surface area contributed by atoms with Gasteiger partial charge in [0.15, 0.2) is 0 Å². The molecule has 0 unspecified atom stereocenters. The van der Waals surface area contributed by atoms with Crippen molar-refractivity contribution in [3.63, 3.8) is 0 Å². The first-order valence-corrected chi connectivity index (χ1v) is 4.99. The molecule has 5 nitrogen and oxygen atoms in total. The highest BCUT2D eigenvalue weighted by Gasteiger charge is 2.13. The Labute approximate surface area is 88.3 Å². The van der Waals surface area contributed by atoms with E-state index in [4.69, 9.17) is 5.73 Å². The topological polar surface area (TPSA) is 71.2 Å². The summed E-state index contributed by atoms with van der Waals surface area (Å²) >= 11 is 0. The van der Waals surface area contributed by atoms with E-state index >= 15 is 0 Å². The summed E-state index contributed by atoms with van der Waals surface area (Å²) in [5.41, 5.74) is 6.64. The van der Waals surface area contributed by atoms with Gasteiger partial charge in [-0.1, -0.05) is 0 Å². The summed E-state index contributed by atoms with van der Waals surface area (Å²) in [5.74, 6) is 0.621. The number of amides is 1. The lowest BCUT2D eigenvalue weighted by atomic mass is 10.3. The number of nitrogens with zero attached hydrogens (tertiary/aromatic N) is 2. The van der Waals surface area contributed by atoms with Gasteiger partial charge in [0.05, 0.1) is 0 Å². The summed E-state index contributed by atoms with van der Waals surface area (Å²) in [6.45, 7) is 2.23. The smallest absolute Gasteiger partial charge is 0.221 e. The lowest BCUT2D eigenvalue weighted by Crippen LogP contribution is -2.28. The van der Waals surface area contributed by atoms with Gasteiger partial charge in [0, 0.05) is 44.0 Å². The van der Waals surface area contributed by atoms with Crippen LogP contribution in [0.4, 0.5) is 11.5 Å². The number of nitrogens with two attached hydrogens (primary N) is 1. The second-order valence-electron chi connectivity index (χ2n) is 3.53. The molecule has 0 bridgehead atoms. The van der Waals surface area contributed by atoms with Crippen LogP contribution in [0.25, 0.3) is 0 Å². The van der Waals surface area contributed by atoms with Crippen molar-refractivity contribution in [1.29, 1.82) is 0 Å². The maximum atomic E-state index is 11.2. The van der Waals surface area contributed by atoms with Crippen molar-refractivity contribution in [1.82, 2.24) is 10.3 Å². The van der Waals surface area contributed by atoms with Crippen molar-refractivity contribution >= 4 is 17.4 Å². The lowest BCUT2D eigenvalue weighted by Gasteiger charge is -2.21. The minimum atomic E-state index is 0.111. The minimum absolute atomic E-state index is 0.111. The average Bonchev–Trinajstić information content (AvgIpc) is 2.43. The van der Waals surface area contributed by atoms with Crippen LogP contribution in [0, 0.1) is 0 Å². The molecular formula is C10H14N4O. The molecule has 0 spiro atoms. The van der Waals surface area contributed by atoms with Crippen LogP contribution in [0.2, 0.25) is 0 Å². The molecule has 0 atom stereocenters. The van der Waals surface area contributed by atoms with E-state index < -0.39 is 0 Å². The minimum Gasteiger partial charge on any atom is -0.384 e. The fourth-order valence-corrected chi connectivity index (χ4v) is 1.66. The van der Waals surface area contributed by atoms with E-state index in [9.17, 15) is 4.79 Å². The van der Waals surface area contributed by atoms with Crippen molar-refractivity contribution < 1.29 is 4.79 Å². The van der Waals surface area contributed by atoms with Gasteiger partial charge in [0.2, 0.25) is 5.91 Å². The molecule has 5 heteroatoms. The van der Waals surface area contributed by atoms with Gasteiger partial charge in [0.25, 0.3) is 0 Å². The number of pyridine rings is 1. The van der Waals surface area contributed by atoms with E-state index in [0.717, 1.165) is 18.8 Å². The summed E-state index contributed by atoms with van der Waals surface area (Å²) in [5, 5.41) is 2.83. The summed E-state index contributed by atoms with van der Waals surface area (Å²) in [6.07, 6.45) is 2.22. The third-order valence-electron chi connectivity index (χ3n) is 2.44. The van der Waals surface area contributed by atoms with Crippen LogP contribution in [-0.4, -0.2) is 30.5 Å². The molecule has 1 saturated heterocycles. The maximum Gasteiger partial charge on any atom is 0.221 e. The Morgan fingerprint density at radius 3 is 3.13 bits per heavy atom. The third kappa shape index (κ3) is 2.37. The van der Waals surface area contributed by atoms with Crippen LogP contribution in [0.1, 0.15) is 6.42 Å². The summed E-state index contributed by atoms with van der Waals surface area (Å²) < 4.78 is 0. The Hall–Kier alpha value is -1.78. The number of aromatic nitrogens is 1. The first-order valence-electron chi connectivity index (χ1n) is 4.99. The molecule has 1 aromatic rings. The predicted octanol–water partition coefficient (Wildman–Crippen LogP) is -0.00990. The summed E-state index contributed by atoms with van der Waals surface area (Å²) in [7, 11) is 0. The van der Waals surface area contributed by atoms with Crippen LogP contribution in [0.5, 0.6) is 0 Å². The average molecular weight is 206 g/mol. The molecule has 15 heavy (non-hydrogen) atoms. The molecule has 3 N–H and O–H groups in total. The molecule has 80 valence electrons. The van der Waals surface area contributed by atoms with E-state index in [-0.39, 0.29) is 5.91 Å². The molecule has 2 heterocycles. The molecule has 2 rings (SSSR count). The molecule has 0 saturated carbocycles. The molecule has 1 aliphatic rings. The quantitative estimate of drug-likeness (QED) is 0.678. The number of hydrogen-bond donors (Lipinski definition) is 2.